The number of unbranched alkanes of at least 4 members (excludes halogenated alkanes) is 2. The molecule has 0 aliphatic rings. The Morgan fingerprint density at radius 2 is 2.25 bits per heavy atom. The molecule has 0 saturated carbocycles. The van der Waals surface area contributed by atoms with Crippen LogP contribution in [-0.4, -0.2) is 18.1 Å². The topological polar surface area (TPSA) is 88.2 Å². The van der Waals surface area contributed by atoms with Crippen molar-refractivity contribution < 1.29 is 9.66 Å². The Bertz CT molecular complexity index is 483. The normalized spacial score (nSPS) is 10.0. The van der Waals surface area contributed by atoms with E-state index in [-0.39, 0.29) is 11.4 Å². The van der Waals surface area contributed by atoms with Gasteiger partial charge >= 0.3 is 5.69 Å². The average molecular weight is 277 g/mol. The number of rotatable bonds is 9. The SMILES string of the molecule is CCNCc1ccc(OCCCCC#N)c([N+](=O)[O-])c1. The molecule has 6 heteroatoms. The maximum absolute atomic E-state index is 11.0. The molecule has 1 N–H and O–H groups in total. The summed E-state index contributed by atoms with van der Waals surface area (Å²) in [4.78, 5) is 10.6. The fraction of sp³-hybridized carbons (Fsp3) is 0.500. The zero-order valence-electron chi connectivity index (χ0n) is 11.6. The molecule has 1 rings (SSSR count). The highest BCUT2D eigenvalue weighted by atomic mass is 16.6. The minimum Gasteiger partial charge on any atom is -0.487 e. The van der Waals surface area contributed by atoms with E-state index in [1.54, 1.807) is 6.07 Å². The molecule has 0 radical (unpaired) electrons. The Morgan fingerprint density at radius 1 is 1.45 bits per heavy atom. The van der Waals surface area contributed by atoms with Gasteiger partial charge in [-0.3, -0.25) is 10.1 Å². The summed E-state index contributed by atoms with van der Waals surface area (Å²) in [6, 6.07) is 7.04. The summed E-state index contributed by atoms with van der Waals surface area (Å²) in [5.41, 5.74) is 0.844. The van der Waals surface area contributed by atoms with Crippen molar-refractivity contribution in [2.75, 3.05) is 13.2 Å². The molecule has 0 fully saturated rings. The van der Waals surface area contributed by atoms with Crippen LogP contribution in [0.1, 0.15) is 31.7 Å². The first-order valence-electron chi connectivity index (χ1n) is 6.66. The number of nitro groups is 1. The number of nitrogens with one attached hydrogen (secondary N) is 1. The Hall–Kier alpha value is -2.13. The molecule has 1 aromatic carbocycles. The molecule has 0 aromatic heterocycles. The van der Waals surface area contributed by atoms with Crippen molar-refractivity contribution in [1.82, 2.24) is 5.32 Å². The van der Waals surface area contributed by atoms with Crippen molar-refractivity contribution in [2.45, 2.75) is 32.7 Å². The lowest BCUT2D eigenvalue weighted by atomic mass is 10.2. The van der Waals surface area contributed by atoms with Crippen LogP contribution in [0, 0.1) is 21.4 Å². The van der Waals surface area contributed by atoms with Crippen molar-refractivity contribution in [3.63, 3.8) is 0 Å². The molecule has 0 heterocycles. The van der Waals surface area contributed by atoms with Gasteiger partial charge in [0.1, 0.15) is 0 Å². The van der Waals surface area contributed by atoms with E-state index < -0.39 is 4.92 Å². The first-order valence-corrected chi connectivity index (χ1v) is 6.66. The number of benzene rings is 1. The lowest BCUT2D eigenvalue weighted by Crippen LogP contribution is -2.12. The van der Waals surface area contributed by atoms with Gasteiger partial charge in [-0.25, -0.2) is 0 Å². The van der Waals surface area contributed by atoms with E-state index in [9.17, 15) is 10.1 Å². The van der Waals surface area contributed by atoms with E-state index in [1.165, 1.54) is 6.07 Å². The quantitative estimate of drug-likeness (QED) is 0.426. The van der Waals surface area contributed by atoms with E-state index in [2.05, 4.69) is 11.4 Å². The maximum atomic E-state index is 11.0. The van der Waals surface area contributed by atoms with Crippen LogP contribution >= 0.6 is 0 Å². The van der Waals surface area contributed by atoms with Gasteiger partial charge < -0.3 is 10.1 Å². The van der Waals surface area contributed by atoms with E-state index in [0.29, 0.717) is 26.0 Å². The summed E-state index contributed by atoms with van der Waals surface area (Å²) in [5.74, 6) is 0.284. The number of nitrogens with zero attached hydrogens (tertiary/aromatic N) is 2. The predicted octanol–water partition coefficient (Wildman–Crippen LogP) is 2.78. The van der Waals surface area contributed by atoms with E-state index in [0.717, 1.165) is 18.5 Å². The second-order valence-electron chi connectivity index (χ2n) is 4.30. The molecule has 6 nitrogen and oxygen atoms in total. The van der Waals surface area contributed by atoms with Crippen molar-refractivity contribution in [1.29, 1.82) is 5.26 Å². The summed E-state index contributed by atoms with van der Waals surface area (Å²) in [7, 11) is 0. The Labute approximate surface area is 118 Å². The maximum Gasteiger partial charge on any atom is 0.311 e. The molecule has 0 aliphatic carbocycles. The molecule has 0 saturated heterocycles. The molecule has 0 bridgehead atoms. The van der Waals surface area contributed by atoms with Gasteiger partial charge in [-0.1, -0.05) is 13.0 Å². The third kappa shape index (κ3) is 5.24. The van der Waals surface area contributed by atoms with Crippen LogP contribution < -0.4 is 10.1 Å². The van der Waals surface area contributed by atoms with Gasteiger partial charge in [-0.15, -0.1) is 0 Å². The van der Waals surface area contributed by atoms with Crippen LogP contribution in [0.4, 0.5) is 5.69 Å². The van der Waals surface area contributed by atoms with E-state index >= 15 is 0 Å². The molecule has 0 amide bonds. The average Bonchev–Trinajstić information content (AvgIpc) is 2.45. The van der Waals surface area contributed by atoms with Crippen LogP contribution in [0.15, 0.2) is 18.2 Å². The second-order valence-corrected chi connectivity index (χ2v) is 4.30. The van der Waals surface area contributed by atoms with E-state index in [4.69, 9.17) is 10.00 Å². The zero-order chi connectivity index (χ0) is 14.8. The molecular formula is C14H19N3O3. The fourth-order valence-corrected chi connectivity index (χ4v) is 1.70. The smallest absolute Gasteiger partial charge is 0.311 e. The van der Waals surface area contributed by atoms with Crippen LogP contribution in [0.25, 0.3) is 0 Å². The molecule has 0 spiro atoms. The summed E-state index contributed by atoms with van der Waals surface area (Å²) in [5, 5.41) is 22.6. The molecule has 20 heavy (non-hydrogen) atoms. The van der Waals surface area contributed by atoms with Gasteiger partial charge in [0.25, 0.3) is 0 Å². The highest BCUT2D eigenvalue weighted by Crippen LogP contribution is 2.28. The molecular weight excluding hydrogens is 258 g/mol. The number of ether oxygens (including phenoxy) is 1. The van der Waals surface area contributed by atoms with Gasteiger partial charge in [0, 0.05) is 19.0 Å². The van der Waals surface area contributed by atoms with Crippen molar-refractivity contribution in [2.24, 2.45) is 0 Å². The van der Waals surface area contributed by atoms with Crippen molar-refractivity contribution in [3.05, 3.63) is 33.9 Å². The molecule has 1 aromatic rings. The first-order chi connectivity index (χ1) is 9.69. The summed E-state index contributed by atoms with van der Waals surface area (Å²) >= 11 is 0. The molecule has 108 valence electrons. The van der Waals surface area contributed by atoms with Gasteiger partial charge in [-0.2, -0.15) is 5.26 Å². The summed E-state index contributed by atoms with van der Waals surface area (Å²) in [6.07, 6.45) is 1.93. The minimum absolute atomic E-state index is 0.0133. The Morgan fingerprint density at radius 3 is 2.90 bits per heavy atom. The van der Waals surface area contributed by atoms with Gasteiger partial charge in [0.2, 0.25) is 0 Å². The standard InChI is InChI=1S/C14H19N3O3/c1-2-16-11-12-6-7-14(13(10-12)17(18)19)20-9-5-3-4-8-15/h6-7,10,16H,2-5,9,11H2,1H3. The summed E-state index contributed by atoms with van der Waals surface area (Å²) < 4.78 is 5.43. The van der Waals surface area contributed by atoms with Gasteiger partial charge in [0.05, 0.1) is 17.6 Å². The van der Waals surface area contributed by atoms with Crippen LogP contribution in [0.2, 0.25) is 0 Å². The highest BCUT2D eigenvalue weighted by molar-refractivity contribution is 5.48. The Kier molecular flexibility index (Phi) is 7.07. The van der Waals surface area contributed by atoms with Crippen LogP contribution in [0.5, 0.6) is 5.75 Å². The Balaban J connectivity index is 2.65. The fourth-order valence-electron chi connectivity index (χ4n) is 1.70. The number of nitriles is 1. The minimum atomic E-state index is -0.430. The van der Waals surface area contributed by atoms with E-state index in [1.807, 2.05) is 13.0 Å². The largest absolute Gasteiger partial charge is 0.487 e. The molecule has 0 atom stereocenters. The molecule has 0 unspecified atom stereocenters. The predicted molar refractivity (Wildman–Crippen MR) is 75.4 cm³/mol. The number of hydrogen-bond donors (Lipinski definition) is 1. The van der Waals surface area contributed by atoms with Crippen molar-refractivity contribution >= 4 is 5.69 Å². The molecule has 0 aliphatic heterocycles. The third-order valence-electron chi connectivity index (χ3n) is 2.74. The highest BCUT2D eigenvalue weighted by Gasteiger charge is 2.15. The zero-order valence-corrected chi connectivity index (χ0v) is 11.6. The van der Waals surface area contributed by atoms with Crippen molar-refractivity contribution in [3.8, 4) is 11.8 Å². The first kappa shape index (κ1) is 15.9. The lowest BCUT2D eigenvalue weighted by molar-refractivity contribution is -0.385. The van der Waals surface area contributed by atoms with Gasteiger partial charge in [0.15, 0.2) is 5.75 Å². The summed E-state index contributed by atoms with van der Waals surface area (Å²) in [6.45, 7) is 3.77. The van der Waals surface area contributed by atoms with Crippen LogP contribution in [-0.2, 0) is 6.54 Å². The monoisotopic (exact) mass is 277 g/mol. The second kappa shape index (κ2) is 8.88. The van der Waals surface area contributed by atoms with Crippen LogP contribution in [0.3, 0.4) is 0 Å². The number of hydrogen-bond acceptors (Lipinski definition) is 5. The number of nitro benzene ring substituents is 1. The van der Waals surface area contributed by atoms with Gasteiger partial charge in [-0.05, 0) is 31.0 Å². The third-order valence-corrected chi connectivity index (χ3v) is 2.74. The lowest BCUT2D eigenvalue weighted by Gasteiger charge is -2.08.